The summed E-state index contributed by atoms with van der Waals surface area (Å²) in [5.41, 5.74) is 6.10. The first-order chi connectivity index (χ1) is 20.5. The smallest absolute Gasteiger partial charge is 0.255 e. The van der Waals surface area contributed by atoms with Crippen molar-refractivity contribution in [2.24, 2.45) is 0 Å². The molecule has 1 aliphatic heterocycles. The summed E-state index contributed by atoms with van der Waals surface area (Å²) in [5.74, 6) is -0.276. The summed E-state index contributed by atoms with van der Waals surface area (Å²) in [5, 5.41) is 5.96. The molecule has 5 rings (SSSR count). The van der Waals surface area contributed by atoms with Gasteiger partial charge in [0.05, 0.1) is 6.42 Å². The number of nitrogens with zero attached hydrogens (tertiary/aromatic N) is 1. The zero-order chi connectivity index (χ0) is 29.3. The number of carbonyl (C=O) groups is 3. The minimum Gasteiger partial charge on any atom is -0.330 e. The van der Waals surface area contributed by atoms with E-state index in [4.69, 9.17) is 0 Å². The molecular formula is C36H35N3O3. The van der Waals surface area contributed by atoms with Gasteiger partial charge in [-0.15, -0.1) is 0 Å². The Morgan fingerprint density at radius 2 is 1.36 bits per heavy atom. The number of amides is 3. The normalized spacial score (nSPS) is 14.6. The molecule has 0 unspecified atom stereocenters. The molecule has 1 heterocycles. The predicted molar refractivity (Wildman–Crippen MR) is 169 cm³/mol. The molecule has 0 aliphatic carbocycles. The van der Waals surface area contributed by atoms with Gasteiger partial charge in [0.25, 0.3) is 5.91 Å². The largest absolute Gasteiger partial charge is 0.330 e. The van der Waals surface area contributed by atoms with Crippen LogP contribution in [0.5, 0.6) is 0 Å². The summed E-state index contributed by atoms with van der Waals surface area (Å²) < 4.78 is 0. The van der Waals surface area contributed by atoms with E-state index in [1.54, 1.807) is 4.90 Å². The van der Waals surface area contributed by atoms with E-state index >= 15 is 0 Å². The third kappa shape index (κ3) is 7.21. The summed E-state index contributed by atoms with van der Waals surface area (Å²) in [7, 11) is 0. The first-order valence-corrected chi connectivity index (χ1v) is 14.4. The van der Waals surface area contributed by atoms with Crippen LogP contribution in [0, 0.1) is 0 Å². The zero-order valence-electron chi connectivity index (χ0n) is 23.8. The van der Waals surface area contributed by atoms with Crippen molar-refractivity contribution in [3.63, 3.8) is 0 Å². The topological polar surface area (TPSA) is 78.5 Å². The van der Waals surface area contributed by atoms with E-state index in [9.17, 15) is 14.4 Å². The second-order valence-electron chi connectivity index (χ2n) is 10.4. The molecule has 0 bridgehead atoms. The second-order valence-corrected chi connectivity index (χ2v) is 10.4. The van der Waals surface area contributed by atoms with E-state index in [-0.39, 0.29) is 17.7 Å². The molecule has 4 aromatic rings. The van der Waals surface area contributed by atoms with Crippen LogP contribution in [0.25, 0.3) is 12.2 Å². The third-order valence-electron chi connectivity index (χ3n) is 7.53. The SMILES string of the molecule is CCc1ccccc1C(=O)Nc1ccc(/C=C/c2ccc(NC(=O)[C@@H]3CCCN3C(=O)Cc3ccccc3)cc2)cc1. The Morgan fingerprint density at radius 3 is 2.00 bits per heavy atom. The Hall–Kier alpha value is -4.97. The molecule has 0 saturated carbocycles. The van der Waals surface area contributed by atoms with Gasteiger partial charge in [0.2, 0.25) is 11.8 Å². The molecule has 1 saturated heterocycles. The van der Waals surface area contributed by atoms with Crippen LogP contribution >= 0.6 is 0 Å². The Balaban J connectivity index is 1.14. The van der Waals surface area contributed by atoms with Gasteiger partial charge < -0.3 is 15.5 Å². The van der Waals surface area contributed by atoms with Crippen molar-refractivity contribution in [2.45, 2.75) is 38.6 Å². The minimum absolute atomic E-state index is 0.0171. The molecule has 212 valence electrons. The first kappa shape index (κ1) is 28.6. The third-order valence-corrected chi connectivity index (χ3v) is 7.53. The first-order valence-electron chi connectivity index (χ1n) is 14.4. The molecule has 1 aliphatic rings. The Labute approximate surface area is 247 Å². The predicted octanol–water partition coefficient (Wildman–Crippen LogP) is 6.84. The molecule has 3 amide bonds. The maximum atomic E-state index is 13.0. The molecule has 42 heavy (non-hydrogen) atoms. The number of carbonyl (C=O) groups excluding carboxylic acids is 3. The molecule has 2 N–H and O–H groups in total. The lowest BCUT2D eigenvalue weighted by molar-refractivity contribution is -0.136. The van der Waals surface area contributed by atoms with Crippen LogP contribution in [0.15, 0.2) is 103 Å². The molecular weight excluding hydrogens is 522 g/mol. The summed E-state index contributed by atoms with van der Waals surface area (Å²) >= 11 is 0. The Kier molecular flexibility index (Phi) is 9.24. The number of aryl methyl sites for hydroxylation is 1. The van der Waals surface area contributed by atoms with Gasteiger partial charge in [0, 0.05) is 23.5 Å². The maximum absolute atomic E-state index is 13.0. The van der Waals surface area contributed by atoms with Crippen molar-refractivity contribution in [3.05, 3.63) is 131 Å². The quantitative estimate of drug-likeness (QED) is 0.221. The minimum atomic E-state index is -0.449. The monoisotopic (exact) mass is 557 g/mol. The van der Waals surface area contributed by atoms with E-state index in [1.165, 1.54) is 0 Å². The number of nitrogens with one attached hydrogen (secondary N) is 2. The van der Waals surface area contributed by atoms with Crippen LogP contribution in [0.2, 0.25) is 0 Å². The summed E-state index contributed by atoms with van der Waals surface area (Å²) in [4.78, 5) is 40.3. The average Bonchev–Trinajstić information content (AvgIpc) is 3.53. The molecule has 6 heteroatoms. The molecule has 1 atom stereocenters. The number of anilines is 2. The highest BCUT2D eigenvalue weighted by Gasteiger charge is 2.33. The number of hydrogen-bond acceptors (Lipinski definition) is 3. The molecule has 0 aromatic heterocycles. The van der Waals surface area contributed by atoms with E-state index in [0.29, 0.717) is 30.6 Å². The molecule has 0 radical (unpaired) electrons. The van der Waals surface area contributed by atoms with Crippen LogP contribution < -0.4 is 10.6 Å². The van der Waals surface area contributed by atoms with Crippen LogP contribution in [-0.4, -0.2) is 35.2 Å². The van der Waals surface area contributed by atoms with Gasteiger partial charge in [-0.3, -0.25) is 14.4 Å². The van der Waals surface area contributed by atoms with Crippen molar-refractivity contribution in [2.75, 3.05) is 17.2 Å². The van der Waals surface area contributed by atoms with Gasteiger partial charge in [-0.1, -0.05) is 91.9 Å². The number of hydrogen-bond donors (Lipinski definition) is 2. The molecule has 4 aromatic carbocycles. The van der Waals surface area contributed by atoms with Gasteiger partial charge >= 0.3 is 0 Å². The van der Waals surface area contributed by atoms with E-state index in [2.05, 4.69) is 10.6 Å². The van der Waals surface area contributed by atoms with Crippen molar-refractivity contribution in [1.82, 2.24) is 4.90 Å². The van der Waals surface area contributed by atoms with E-state index < -0.39 is 6.04 Å². The fourth-order valence-corrected chi connectivity index (χ4v) is 5.23. The number of likely N-dealkylation sites (tertiary alicyclic amines) is 1. The maximum Gasteiger partial charge on any atom is 0.255 e. The lowest BCUT2D eigenvalue weighted by atomic mass is 10.0. The fourth-order valence-electron chi connectivity index (χ4n) is 5.23. The fraction of sp³-hybridized carbons (Fsp3) is 0.194. The lowest BCUT2D eigenvalue weighted by Gasteiger charge is -2.24. The highest BCUT2D eigenvalue weighted by atomic mass is 16.2. The van der Waals surface area contributed by atoms with Crippen LogP contribution in [0.1, 0.15) is 52.4 Å². The highest BCUT2D eigenvalue weighted by molar-refractivity contribution is 6.05. The van der Waals surface area contributed by atoms with E-state index in [1.807, 2.05) is 122 Å². The average molecular weight is 558 g/mol. The van der Waals surface area contributed by atoms with Gasteiger partial charge in [0.1, 0.15) is 6.04 Å². The molecule has 1 fully saturated rings. The van der Waals surface area contributed by atoms with Crippen molar-refractivity contribution >= 4 is 41.2 Å². The van der Waals surface area contributed by atoms with Crippen LogP contribution in [0.3, 0.4) is 0 Å². The van der Waals surface area contributed by atoms with Gasteiger partial charge in [0.15, 0.2) is 0 Å². The summed E-state index contributed by atoms with van der Waals surface area (Å²) in [6.07, 6.45) is 6.59. The summed E-state index contributed by atoms with van der Waals surface area (Å²) in [6.45, 7) is 2.64. The highest BCUT2D eigenvalue weighted by Crippen LogP contribution is 2.22. The molecule has 0 spiro atoms. The zero-order valence-corrected chi connectivity index (χ0v) is 23.8. The van der Waals surface area contributed by atoms with Crippen LogP contribution in [-0.2, 0) is 22.4 Å². The van der Waals surface area contributed by atoms with E-state index in [0.717, 1.165) is 40.8 Å². The number of benzene rings is 4. The van der Waals surface area contributed by atoms with Crippen molar-refractivity contribution in [3.8, 4) is 0 Å². The Morgan fingerprint density at radius 1 is 0.762 bits per heavy atom. The standard InChI is InChI=1S/C36H35N3O3/c1-2-29-11-6-7-12-32(29)35(41)37-30-20-16-26(17-21-30)14-15-27-18-22-31(23-19-27)38-36(42)33-13-8-24-39(33)34(40)25-28-9-4-3-5-10-28/h3-7,9-12,14-23,33H,2,8,13,24-25H2,1H3,(H,37,41)(H,38,42)/b15-14+/t33-/m0/s1. The number of rotatable bonds is 9. The summed E-state index contributed by atoms with van der Waals surface area (Å²) in [6, 6.07) is 32.1. The van der Waals surface area contributed by atoms with Crippen molar-refractivity contribution in [1.29, 1.82) is 0 Å². The lowest BCUT2D eigenvalue weighted by Crippen LogP contribution is -2.43. The van der Waals surface area contributed by atoms with Crippen LogP contribution in [0.4, 0.5) is 11.4 Å². The van der Waals surface area contributed by atoms with Gasteiger partial charge in [-0.05, 0) is 71.8 Å². The Bertz CT molecular complexity index is 1560. The molecule has 6 nitrogen and oxygen atoms in total. The van der Waals surface area contributed by atoms with Crippen molar-refractivity contribution < 1.29 is 14.4 Å². The van der Waals surface area contributed by atoms with Gasteiger partial charge in [-0.2, -0.15) is 0 Å². The van der Waals surface area contributed by atoms with Gasteiger partial charge in [-0.25, -0.2) is 0 Å². The second kappa shape index (κ2) is 13.6.